The van der Waals surface area contributed by atoms with E-state index >= 15 is 0 Å². The van der Waals surface area contributed by atoms with Gasteiger partial charge in [0.25, 0.3) is 0 Å². The van der Waals surface area contributed by atoms with Gasteiger partial charge in [-0.3, -0.25) is 0 Å². The van der Waals surface area contributed by atoms with Crippen LogP contribution < -0.4 is 0 Å². The van der Waals surface area contributed by atoms with Gasteiger partial charge in [-0.25, -0.2) is 4.39 Å². The number of fused-ring (bicyclic) bond motifs is 3. The Bertz CT molecular complexity index is 1510. The van der Waals surface area contributed by atoms with Crippen molar-refractivity contribution < 1.29 is 4.39 Å². The Morgan fingerprint density at radius 2 is 1.19 bits per heavy atom. The molecule has 0 saturated carbocycles. The predicted molar refractivity (Wildman–Crippen MR) is 190 cm³/mol. The molecule has 232 valence electrons. The van der Waals surface area contributed by atoms with Crippen molar-refractivity contribution in [3.05, 3.63) is 119 Å². The second-order valence-electron chi connectivity index (χ2n) is 12.9. The fraction of sp³-hybridized carbons (Fsp3) is 0.415. The normalized spacial score (nSPS) is 12.8. The average Bonchev–Trinajstić information content (AvgIpc) is 3.60. The lowest BCUT2D eigenvalue weighted by atomic mass is 9.98. The maximum Gasteiger partial charge on any atom is 0.123 e. The van der Waals surface area contributed by atoms with E-state index in [1.807, 2.05) is 6.07 Å². The second-order valence-corrected chi connectivity index (χ2v) is 12.9. The van der Waals surface area contributed by atoms with E-state index in [4.69, 9.17) is 0 Å². The van der Waals surface area contributed by atoms with Crippen molar-refractivity contribution in [2.24, 2.45) is 24.8 Å². The summed E-state index contributed by atoms with van der Waals surface area (Å²) < 4.78 is 15.3. The van der Waals surface area contributed by atoms with Crippen LogP contribution in [-0.4, -0.2) is 4.57 Å². The van der Waals surface area contributed by atoms with Gasteiger partial charge in [0, 0.05) is 24.1 Å². The molecular formula is C41H56FN. The monoisotopic (exact) mass is 581 g/mol. The number of rotatable bonds is 6. The van der Waals surface area contributed by atoms with Crippen molar-refractivity contribution in [1.29, 1.82) is 0 Å². The number of benzene rings is 3. The van der Waals surface area contributed by atoms with Crippen LogP contribution in [0.25, 0.3) is 22.0 Å². The van der Waals surface area contributed by atoms with Gasteiger partial charge in [-0.1, -0.05) is 117 Å². The number of aryl methyl sites for hydroxylation is 1. The quantitative estimate of drug-likeness (QED) is 0.213. The zero-order valence-electron chi connectivity index (χ0n) is 26.2. The summed E-state index contributed by atoms with van der Waals surface area (Å²) in [5.74, 6) is 1.99. The highest BCUT2D eigenvalue weighted by atomic mass is 19.1. The Labute approximate surface area is 262 Å². The van der Waals surface area contributed by atoms with E-state index < -0.39 is 0 Å². The van der Waals surface area contributed by atoms with Crippen LogP contribution in [0.5, 0.6) is 0 Å². The Kier molecular flexibility index (Phi) is 13.7. The lowest BCUT2D eigenvalue weighted by Crippen LogP contribution is -1.92. The molecule has 2 aliphatic carbocycles. The molecule has 4 aromatic rings. The summed E-state index contributed by atoms with van der Waals surface area (Å²) in [4.78, 5) is 0. The molecule has 0 unspecified atom stereocenters. The van der Waals surface area contributed by atoms with Crippen LogP contribution in [-0.2, 0) is 26.3 Å². The summed E-state index contributed by atoms with van der Waals surface area (Å²) in [5, 5.41) is 1.41. The van der Waals surface area contributed by atoms with E-state index in [0.717, 1.165) is 36.7 Å². The number of aromatic nitrogens is 1. The van der Waals surface area contributed by atoms with E-state index in [1.54, 1.807) is 17.7 Å². The van der Waals surface area contributed by atoms with E-state index in [-0.39, 0.29) is 20.7 Å². The van der Waals surface area contributed by atoms with Crippen molar-refractivity contribution in [3.63, 3.8) is 0 Å². The van der Waals surface area contributed by atoms with Crippen molar-refractivity contribution in [2.45, 2.75) is 88.5 Å². The molecular weight excluding hydrogens is 525 g/mol. The van der Waals surface area contributed by atoms with Gasteiger partial charge in [0.05, 0.1) is 0 Å². The Hall–Kier alpha value is -3.39. The van der Waals surface area contributed by atoms with E-state index in [9.17, 15) is 4.39 Å². The van der Waals surface area contributed by atoms with Crippen LogP contribution in [0, 0.1) is 23.6 Å². The van der Waals surface area contributed by atoms with Gasteiger partial charge < -0.3 is 4.57 Å². The van der Waals surface area contributed by atoms with E-state index in [1.165, 1.54) is 51.6 Å². The van der Waals surface area contributed by atoms with Gasteiger partial charge in [-0.05, 0) is 107 Å². The van der Waals surface area contributed by atoms with E-state index in [2.05, 4.69) is 120 Å². The number of hydrogen-bond donors (Lipinski definition) is 0. The fourth-order valence-corrected chi connectivity index (χ4v) is 6.02. The average molecular weight is 582 g/mol. The lowest BCUT2D eigenvalue weighted by Gasteiger charge is -2.08. The topological polar surface area (TPSA) is 4.93 Å². The molecule has 3 aromatic carbocycles. The first-order valence-electron chi connectivity index (χ1n) is 15.4. The summed E-state index contributed by atoms with van der Waals surface area (Å²) in [6, 6.07) is 22.5. The van der Waals surface area contributed by atoms with Crippen LogP contribution in [0.15, 0.2) is 85.1 Å². The molecule has 1 aromatic heterocycles. The molecule has 0 fully saturated rings. The minimum atomic E-state index is -0.125. The number of nitrogens with zero attached hydrogens (tertiary/aromatic N) is 1. The molecule has 1 nitrogen and oxygen atoms in total. The third-order valence-electron chi connectivity index (χ3n) is 7.78. The maximum absolute atomic E-state index is 13.0. The maximum atomic E-state index is 13.0. The third-order valence-corrected chi connectivity index (χ3v) is 7.78. The summed E-state index contributed by atoms with van der Waals surface area (Å²) in [5.41, 5.74) is 11.0. The lowest BCUT2D eigenvalue weighted by molar-refractivity contribution is 0.626. The highest BCUT2D eigenvalue weighted by molar-refractivity contribution is 5.83. The number of para-hydroxylation sites is 1. The van der Waals surface area contributed by atoms with Crippen LogP contribution in [0.3, 0.4) is 0 Å². The minimum Gasteiger partial charge on any atom is -0.350 e. The molecule has 2 heteroatoms. The first-order chi connectivity index (χ1) is 19.6. The van der Waals surface area contributed by atoms with Gasteiger partial charge in [0.2, 0.25) is 0 Å². The largest absolute Gasteiger partial charge is 0.350 e. The van der Waals surface area contributed by atoms with Gasteiger partial charge >= 0.3 is 0 Å². The van der Waals surface area contributed by atoms with Crippen molar-refractivity contribution >= 4 is 22.0 Å². The summed E-state index contributed by atoms with van der Waals surface area (Å²) >= 11 is 0. The molecule has 0 N–H and O–H groups in total. The Morgan fingerprint density at radius 1 is 0.651 bits per heavy atom. The molecule has 0 radical (unpaired) electrons. The number of allylic oxidation sites excluding steroid dienone is 4. The molecule has 0 bridgehead atoms. The molecule has 0 amide bonds. The molecule has 6 rings (SSSR count). The highest BCUT2D eigenvalue weighted by Gasteiger charge is 2.15. The predicted octanol–water partition coefficient (Wildman–Crippen LogP) is 12.1. The molecule has 43 heavy (non-hydrogen) atoms. The van der Waals surface area contributed by atoms with Crippen LogP contribution in [0.4, 0.5) is 4.39 Å². The summed E-state index contributed by atoms with van der Waals surface area (Å²) in [7, 11) is 2.12. The molecule has 0 saturated heterocycles. The van der Waals surface area contributed by atoms with Crippen molar-refractivity contribution in [3.8, 4) is 0 Å². The van der Waals surface area contributed by atoms with Gasteiger partial charge in [0.1, 0.15) is 5.82 Å². The standard InChI is InChI=1S/C13H15F.C13H17N.C13H16.2CH4/c1-9(2)7-11-4-3-10-5-6-12(14)8-13(10)11;1-10(2)8-11-9-14(3)13-7-5-4-6-12(11)13;1-10(2)9-12-8-7-11-5-3-4-6-13(11)12;;/h4-6,8-9H,3,7H2,1-2H3;4-7,9-10H,8H2,1-3H3;3-6,8,10H,7,9H2,1-2H3;2*1H4. The van der Waals surface area contributed by atoms with Gasteiger partial charge in [-0.2, -0.15) is 0 Å². The fourth-order valence-electron chi connectivity index (χ4n) is 6.02. The molecule has 2 aliphatic rings. The highest BCUT2D eigenvalue weighted by Crippen LogP contribution is 2.33. The first-order valence-corrected chi connectivity index (χ1v) is 15.4. The van der Waals surface area contributed by atoms with E-state index in [0.29, 0.717) is 5.92 Å². The summed E-state index contributed by atoms with van der Waals surface area (Å²) in [6.45, 7) is 13.5. The van der Waals surface area contributed by atoms with Crippen LogP contribution >= 0.6 is 0 Å². The van der Waals surface area contributed by atoms with Gasteiger partial charge in [-0.15, -0.1) is 0 Å². The van der Waals surface area contributed by atoms with Crippen molar-refractivity contribution in [2.75, 3.05) is 0 Å². The molecule has 1 heterocycles. The number of hydrogen-bond acceptors (Lipinski definition) is 0. The minimum absolute atomic E-state index is 0. The Balaban J connectivity index is 0.000000220. The molecule has 0 aliphatic heterocycles. The second kappa shape index (κ2) is 16.5. The molecule has 0 atom stereocenters. The van der Waals surface area contributed by atoms with Gasteiger partial charge in [0.15, 0.2) is 0 Å². The number of halogens is 1. The Morgan fingerprint density at radius 3 is 1.81 bits per heavy atom. The SMILES string of the molecule is C.C.CC(C)CC1=CCc2ccc(F)cc21.CC(C)CC1=CCc2ccccc21.CC(C)Cc1cn(C)c2ccccc12. The summed E-state index contributed by atoms with van der Waals surface area (Å²) in [6.07, 6.45) is 12.4. The van der Waals surface area contributed by atoms with Crippen molar-refractivity contribution in [1.82, 2.24) is 4.57 Å². The zero-order valence-corrected chi connectivity index (χ0v) is 26.2. The first kappa shape index (κ1) is 35.8. The van der Waals surface area contributed by atoms with Crippen LogP contribution in [0.1, 0.15) is 97.1 Å². The van der Waals surface area contributed by atoms with Crippen LogP contribution in [0.2, 0.25) is 0 Å². The smallest absolute Gasteiger partial charge is 0.123 e. The third kappa shape index (κ3) is 9.55. The molecule has 0 spiro atoms. The zero-order chi connectivity index (χ0) is 29.5.